The van der Waals surface area contributed by atoms with Crippen LogP contribution in [0.2, 0.25) is 0 Å². The van der Waals surface area contributed by atoms with Gasteiger partial charge in [-0.15, -0.1) is 0 Å². The van der Waals surface area contributed by atoms with Crippen molar-refractivity contribution < 1.29 is 19.7 Å². The van der Waals surface area contributed by atoms with Gasteiger partial charge in [0, 0.05) is 23.5 Å². The molecule has 0 unspecified atom stereocenters. The highest BCUT2D eigenvalue weighted by Gasteiger charge is 2.32. The van der Waals surface area contributed by atoms with E-state index >= 15 is 0 Å². The summed E-state index contributed by atoms with van der Waals surface area (Å²) in [5.74, 6) is 1.03. The Morgan fingerprint density at radius 2 is 1.76 bits per heavy atom. The number of carbonyl (C=O) groups is 1. The summed E-state index contributed by atoms with van der Waals surface area (Å²) in [5.41, 5.74) is -1.03. The Labute approximate surface area is 133 Å². The molecule has 0 bridgehead atoms. The minimum atomic E-state index is -0.568. The average molecular weight is 321 g/mol. The van der Waals surface area contributed by atoms with Gasteiger partial charge in [0.05, 0.1) is 18.6 Å². The first kappa shape index (κ1) is 20.7. The molecular formula is C15H31NO4S. The highest BCUT2D eigenvalue weighted by Crippen LogP contribution is 2.30. The summed E-state index contributed by atoms with van der Waals surface area (Å²) in [6.07, 6.45) is 0.709. The minimum absolute atomic E-state index is 0.0410. The van der Waals surface area contributed by atoms with Crippen LogP contribution in [-0.4, -0.2) is 73.0 Å². The smallest absolute Gasteiger partial charge is 0.312 e. The Bertz CT molecular complexity index is 296. The molecule has 0 aromatic carbocycles. The first-order chi connectivity index (χ1) is 9.73. The zero-order valence-electron chi connectivity index (χ0n) is 14.0. The molecule has 0 aromatic heterocycles. The Morgan fingerprint density at radius 1 is 1.19 bits per heavy atom. The number of nitrogens with zero attached hydrogens (tertiary/aromatic N) is 1. The standard InChI is InChI=1S/C15H31NO4S/c1-6-15(9-17,10-18)12-21-11-14(2,3)13(19)20-8-7-16(4)5/h17-18H,6-12H2,1-5H3. The van der Waals surface area contributed by atoms with Gasteiger partial charge in [-0.1, -0.05) is 6.92 Å². The lowest BCUT2D eigenvalue weighted by Gasteiger charge is -2.30. The van der Waals surface area contributed by atoms with Gasteiger partial charge in [-0.25, -0.2) is 0 Å². The lowest BCUT2D eigenvalue weighted by atomic mass is 9.90. The highest BCUT2D eigenvalue weighted by atomic mass is 32.2. The molecule has 0 rings (SSSR count). The van der Waals surface area contributed by atoms with E-state index in [4.69, 9.17) is 4.74 Å². The molecule has 0 aliphatic rings. The number of esters is 1. The summed E-state index contributed by atoms with van der Waals surface area (Å²) in [6.45, 7) is 6.71. The minimum Gasteiger partial charge on any atom is -0.464 e. The fourth-order valence-corrected chi connectivity index (χ4v) is 3.11. The number of likely N-dealkylation sites (N-methyl/N-ethyl adjacent to an activating group) is 1. The molecule has 0 fully saturated rings. The molecule has 0 aliphatic heterocycles. The van der Waals surface area contributed by atoms with Crippen molar-refractivity contribution in [3.63, 3.8) is 0 Å². The molecular weight excluding hydrogens is 290 g/mol. The maximum absolute atomic E-state index is 12.1. The molecule has 5 nitrogen and oxygen atoms in total. The topological polar surface area (TPSA) is 70.0 Å². The first-order valence-electron chi connectivity index (χ1n) is 7.34. The molecule has 0 heterocycles. The molecule has 0 spiro atoms. The van der Waals surface area contributed by atoms with Crippen molar-refractivity contribution in [3.8, 4) is 0 Å². The van der Waals surface area contributed by atoms with Crippen LogP contribution in [0.3, 0.4) is 0 Å². The molecule has 0 radical (unpaired) electrons. The number of carbonyl (C=O) groups excluding carboxylic acids is 1. The molecule has 126 valence electrons. The van der Waals surface area contributed by atoms with Gasteiger partial charge >= 0.3 is 5.97 Å². The lowest BCUT2D eigenvalue weighted by molar-refractivity contribution is -0.152. The van der Waals surface area contributed by atoms with Crippen LogP contribution >= 0.6 is 11.8 Å². The molecule has 0 saturated carbocycles. The number of ether oxygens (including phenoxy) is 1. The summed E-state index contributed by atoms with van der Waals surface area (Å²) < 4.78 is 5.29. The number of aliphatic hydroxyl groups excluding tert-OH is 2. The largest absolute Gasteiger partial charge is 0.464 e. The molecule has 6 heteroatoms. The summed E-state index contributed by atoms with van der Waals surface area (Å²) in [5, 5.41) is 18.8. The van der Waals surface area contributed by atoms with Gasteiger partial charge < -0.3 is 19.8 Å². The zero-order chi connectivity index (χ0) is 16.5. The van der Waals surface area contributed by atoms with Gasteiger partial charge in [0.2, 0.25) is 0 Å². The van der Waals surface area contributed by atoms with Gasteiger partial charge in [0.1, 0.15) is 6.61 Å². The van der Waals surface area contributed by atoms with E-state index in [2.05, 4.69) is 0 Å². The fourth-order valence-electron chi connectivity index (χ4n) is 1.56. The van der Waals surface area contributed by atoms with Crippen LogP contribution in [0.25, 0.3) is 0 Å². The first-order valence-corrected chi connectivity index (χ1v) is 8.50. The van der Waals surface area contributed by atoms with Crippen molar-refractivity contribution >= 4 is 17.7 Å². The second-order valence-electron chi connectivity index (χ2n) is 6.49. The van der Waals surface area contributed by atoms with Crippen LogP contribution in [0.1, 0.15) is 27.2 Å². The summed E-state index contributed by atoms with van der Waals surface area (Å²) >= 11 is 1.58. The van der Waals surface area contributed by atoms with Crippen molar-refractivity contribution in [2.24, 2.45) is 10.8 Å². The van der Waals surface area contributed by atoms with E-state index in [-0.39, 0.29) is 19.2 Å². The number of thioether (sulfide) groups is 1. The Kier molecular flexibility index (Phi) is 9.53. The van der Waals surface area contributed by atoms with Crippen LogP contribution in [0.5, 0.6) is 0 Å². The van der Waals surface area contributed by atoms with Crippen molar-refractivity contribution in [2.75, 3.05) is 52.0 Å². The summed E-state index contributed by atoms with van der Waals surface area (Å²) in [6, 6.07) is 0. The van der Waals surface area contributed by atoms with E-state index in [9.17, 15) is 15.0 Å². The van der Waals surface area contributed by atoms with E-state index in [1.807, 2.05) is 39.8 Å². The van der Waals surface area contributed by atoms with E-state index in [1.165, 1.54) is 0 Å². The van der Waals surface area contributed by atoms with Crippen LogP contribution in [0, 0.1) is 10.8 Å². The van der Waals surface area contributed by atoms with Gasteiger partial charge in [-0.2, -0.15) is 11.8 Å². The number of hydrogen-bond acceptors (Lipinski definition) is 6. The normalized spacial score (nSPS) is 12.8. The quantitative estimate of drug-likeness (QED) is 0.558. The van der Waals surface area contributed by atoms with Crippen LogP contribution in [0.4, 0.5) is 0 Å². The number of aliphatic hydroxyl groups is 2. The Morgan fingerprint density at radius 3 is 2.19 bits per heavy atom. The van der Waals surface area contributed by atoms with Gasteiger partial charge in [-0.3, -0.25) is 4.79 Å². The molecule has 2 N–H and O–H groups in total. The molecule has 21 heavy (non-hydrogen) atoms. The van der Waals surface area contributed by atoms with Crippen LogP contribution in [0.15, 0.2) is 0 Å². The second kappa shape index (κ2) is 9.66. The maximum atomic E-state index is 12.1. The molecule has 0 amide bonds. The fraction of sp³-hybridized carbons (Fsp3) is 0.933. The molecule has 0 aliphatic carbocycles. The third-order valence-corrected chi connectivity index (χ3v) is 5.36. The predicted molar refractivity (Wildman–Crippen MR) is 87.5 cm³/mol. The summed E-state index contributed by atoms with van der Waals surface area (Å²) in [7, 11) is 3.87. The monoisotopic (exact) mass is 321 g/mol. The Balaban J connectivity index is 4.25. The van der Waals surface area contributed by atoms with Gasteiger partial charge in [-0.05, 0) is 34.4 Å². The summed E-state index contributed by atoms with van der Waals surface area (Å²) in [4.78, 5) is 14.0. The van der Waals surface area contributed by atoms with E-state index in [0.717, 1.165) is 0 Å². The second-order valence-corrected chi connectivity index (χ2v) is 7.47. The number of hydrogen-bond donors (Lipinski definition) is 2. The van der Waals surface area contributed by atoms with Crippen LogP contribution < -0.4 is 0 Å². The average Bonchev–Trinajstić information content (AvgIpc) is 2.43. The number of rotatable bonds is 11. The van der Waals surface area contributed by atoms with Crippen molar-refractivity contribution in [1.29, 1.82) is 0 Å². The van der Waals surface area contributed by atoms with E-state index in [0.29, 0.717) is 31.1 Å². The Hall–Kier alpha value is -0.300. The van der Waals surface area contributed by atoms with Crippen molar-refractivity contribution in [1.82, 2.24) is 4.90 Å². The maximum Gasteiger partial charge on any atom is 0.312 e. The SMILES string of the molecule is CCC(CO)(CO)CSCC(C)(C)C(=O)OCCN(C)C. The van der Waals surface area contributed by atoms with Gasteiger partial charge in [0.15, 0.2) is 0 Å². The van der Waals surface area contributed by atoms with Crippen LogP contribution in [-0.2, 0) is 9.53 Å². The zero-order valence-corrected chi connectivity index (χ0v) is 14.8. The molecule has 0 aromatic rings. The lowest BCUT2D eigenvalue weighted by Crippen LogP contribution is -2.34. The van der Waals surface area contributed by atoms with E-state index in [1.54, 1.807) is 11.8 Å². The van der Waals surface area contributed by atoms with E-state index < -0.39 is 10.8 Å². The predicted octanol–water partition coefficient (Wildman–Crippen LogP) is 1.23. The highest BCUT2D eigenvalue weighted by molar-refractivity contribution is 7.99. The third-order valence-electron chi connectivity index (χ3n) is 3.62. The van der Waals surface area contributed by atoms with Crippen molar-refractivity contribution in [3.05, 3.63) is 0 Å². The molecule has 0 saturated heterocycles. The molecule has 0 atom stereocenters. The van der Waals surface area contributed by atoms with Crippen molar-refractivity contribution in [2.45, 2.75) is 27.2 Å². The third kappa shape index (κ3) is 7.49. The van der Waals surface area contributed by atoms with Gasteiger partial charge in [0.25, 0.3) is 0 Å².